The summed E-state index contributed by atoms with van der Waals surface area (Å²) in [7, 11) is 2.11. The van der Waals surface area contributed by atoms with Gasteiger partial charge in [-0.25, -0.2) is 9.97 Å². The van der Waals surface area contributed by atoms with Crippen molar-refractivity contribution in [3.05, 3.63) is 23.3 Å². The van der Waals surface area contributed by atoms with E-state index in [0.717, 1.165) is 25.2 Å². The van der Waals surface area contributed by atoms with Crippen molar-refractivity contribution in [3.8, 4) is 6.07 Å². The van der Waals surface area contributed by atoms with Crippen LogP contribution in [0.1, 0.15) is 29.6 Å². The van der Waals surface area contributed by atoms with Crippen LogP contribution in [0.5, 0.6) is 0 Å². The summed E-state index contributed by atoms with van der Waals surface area (Å²) in [6.07, 6.45) is 1.12. The minimum Gasteiger partial charge on any atom is -0.306 e. The molecule has 78 valence electrons. The lowest BCUT2D eigenvalue weighted by atomic mass is 10.0. The van der Waals surface area contributed by atoms with E-state index in [1.54, 1.807) is 0 Å². The van der Waals surface area contributed by atoms with Crippen LogP contribution in [0.25, 0.3) is 0 Å². The Bertz CT molecular complexity index is 408. The predicted octanol–water partition coefficient (Wildman–Crippen LogP) is 1.08. The molecular weight excluding hydrogens is 188 g/mol. The Balaban J connectivity index is 2.29. The van der Waals surface area contributed by atoms with Crippen LogP contribution in [0.15, 0.2) is 6.07 Å². The Morgan fingerprint density at radius 3 is 2.93 bits per heavy atom. The van der Waals surface area contributed by atoms with Gasteiger partial charge in [0, 0.05) is 18.2 Å². The van der Waals surface area contributed by atoms with E-state index in [9.17, 15) is 0 Å². The number of nitriles is 1. The molecule has 0 spiro atoms. The van der Waals surface area contributed by atoms with Gasteiger partial charge in [0.15, 0.2) is 0 Å². The van der Waals surface area contributed by atoms with Crippen LogP contribution in [-0.2, 0) is 0 Å². The predicted molar refractivity (Wildman–Crippen MR) is 56.3 cm³/mol. The summed E-state index contributed by atoms with van der Waals surface area (Å²) in [6.45, 7) is 3.97. The number of rotatable bonds is 1. The van der Waals surface area contributed by atoms with Crippen LogP contribution in [0, 0.1) is 18.3 Å². The van der Waals surface area contributed by atoms with E-state index in [-0.39, 0.29) is 0 Å². The Labute approximate surface area is 89.6 Å². The molecule has 0 aromatic carbocycles. The zero-order chi connectivity index (χ0) is 10.8. The van der Waals surface area contributed by atoms with E-state index >= 15 is 0 Å². The molecule has 1 aliphatic rings. The topological polar surface area (TPSA) is 52.8 Å². The van der Waals surface area contributed by atoms with E-state index in [4.69, 9.17) is 5.26 Å². The second-order valence-corrected chi connectivity index (χ2v) is 4.08. The van der Waals surface area contributed by atoms with Gasteiger partial charge in [-0.3, -0.25) is 0 Å². The first kappa shape index (κ1) is 10.1. The lowest BCUT2D eigenvalue weighted by Gasteiger charge is -2.10. The van der Waals surface area contributed by atoms with Crippen molar-refractivity contribution in [2.75, 3.05) is 20.1 Å². The zero-order valence-electron chi connectivity index (χ0n) is 9.06. The van der Waals surface area contributed by atoms with E-state index in [1.807, 2.05) is 13.0 Å². The average Bonchev–Trinajstić information content (AvgIpc) is 2.64. The van der Waals surface area contributed by atoms with Gasteiger partial charge in [-0.15, -0.1) is 0 Å². The number of hydrogen-bond donors (Lipinski definition) is 0. The molecule has 0 saturated carbocycles. The van der Waals surface area contributed by atoms with Gasteiger partial charge in [0.1, 0.15) is 17.6 Å². The van der Waals surface area contributed by atoms with Crippen molar-refractivity contribution in [1.82, 2.24) is 14.9 Å². The van der Waals surface area contributed by atoms with Crippen LogP contribution in [-0.4, -0.2) is 35.0 Å². The first-order valence-electron chi connectivity index (χ1n) is 5.13. The van der Waals surface area contributed by atoms with Gasteiger partial charge in [0.25, 0.3) is 0 Å². The largest absolute Gasteiger partial charge is 0.306 e. The molecule has 0 N–H and O–H groups in total. The van der Waals surface area contributed by atoms with Crippen molar-refractivity contribution in [2.24, 2.45) is 0 Å². The summed E-state index contributed by atoms with van der Waals surface area (Å²) in [5.41, 5.74) is 1.50. The maximum absolute atomic E-state index is 8.83. The number of likely N-dealkylation sites (N-methyl/N-ethyl adjacent to an activating group) is 1. The summed E-state index contributed by atoms with van der Waals surface area (Å²) in [5, 5.41) is 8.83. The van der Waals surface area contributed by atoms with Crippen LogP contribution >= 0.6 is 0 Å². The highest BCUT2D eigenvalue weighted by Gasteiger charge is 2.22. The van der Waals surface area contributed by atoms with Gasteiger partial charge in [-0.2, -0.15) is 5.26 Å². The highest BCUT2D eigenvalue weighted by Crippen LogP contribution is 2.24. The van der Waals surface area contributed by atoms with Gasteiger partial charge in [-0.05, 0) is 33.0 Å². The molecule has 1 aromatic heterocycles. The monoisotopic (exact) mass is 202 g/mol. The van der Waals surface area contributed by atoms with Crippen LogP contribution < -0.4 is 0 Å². The maximum atomic E-state index is 8.83. The van der Waals surface area contributed by atoms with E-state index in [1.165, 1.54) is 0 Å². The Morgan fingerprint density at radius 1 is 1.53 bits per heavy atom. The van der Waals surface area contributed by atoms with Gasteiger partial charge in [-0.1, -0.05) is 0 Å². The highest BCUT2D eigenvalue weighted by molar-refractivity contribution is 5.25. The summed E-state index contributed by atoms with van der Waals surface area (Å²) < 4.78 is 0. The molecule has 2 heterocycles. The lowest BCUT2D eigenvalue weighted by molar-refractivity contribution is 0.410. The van der Waals surface area contributed by atoms with Crippen molar-refractivity contribution in [2.45, 2.75) is 19.3 Å². The summed E-state index contributed by atoms with van der Waals surface area (Å²) >= 11 is 0. The Hall–Kier alpha value is -1.47. The number of nitrogens with zero attached hydrogens (tertiary/aromatic N) is 4. The molecule has 1 aromatic rings. The summed E-state index contributed by atoms with van der Waals surface area (Å²) in [5.74, 6) is 1.16. The van der Waals surface area contributed by atoms with Crippen molar-refractivity contribution in [1.29, 1.82) is 5.26 Å². The molecule has 2 rings (SSSR count). The number of aryl methyl sites for hydroxylation is 1. The molecule has 1 fully saturated rings. The fraction of sp³-hybridized carbons (Fsp3) is 0.545. The molecule has 1 aliphatic heterocycles. The molecular formula is C11H14N4. The van der Waals surface area contributed by atoms with Crippen molar-refractivity contribution in [3.63, 3.8) is 0 Å². The van der Waals surface area contributed by atoms with Crippen molar-refractivity contribution < 1.29 is 0 Å². The third kappa shape index (κ3) is 2.13. The van der Waals surface area contributed by atoms with Crippen LogP contribution in [0.3, 0.4) is 0 Å². The molecule has 15 heavy (non-hydrogen) atoms. The first-order chi connectivity index (χ1) is 7.19. The van der Waals surface area contributed by atoms with Gasteiger partial charge in [0.05, 0.1) is 0 Å². The molecule has 0 aliphatic carbocycles. The molecule has 1 unspecified atom stereocenters. The standard InChI is InChI=1S/C11H14N4/c1-8-13-10(6-12)5-11(14-8)9-3-4-15(2)7-9/h5,9H,3-4,7H2,1-2H3. The molecule has 0 radical (unpaired) electrons. The molecule has 1 atom stereocenters. The zero-order valence-corrected chi connectivity index (χ0v) is 9.06. The Kier molecular flexibility index (Phi) is 2.65. The highest BCUT2D eigenvalue weighted by atomic mass is 15.1. The SMILES string of the molecule is Cc1nc(C#N)cc(C2CCN(C)C2)n1. The van der Waals surface area contributed by atoms with Crippen molar-refractivity contribution >= 4 is 0 Å². The number of hydrogen-bond acceptors (Lipinski definition) is 4. The normalized spacial score (nSPS) is 21.5. The molecule has 4 heteroatoms. The first-order valence-corrected chi connectivity index (χ1v) is 5.13. The van der Waals surface area contributed by atoms with E-state index in [2.05, 4.69) is 28.0 Å². The smallest absolute Gasteiger partial charge is 0.144 e. The number of aromatic nitrogens is 2. The fourth-order valence-electron chi connectivity index (χ4n) is 2.03. The third-order valence-corrected chi connectivity index (χ3v) is 2.78. The minimum absolute atomic E-state index is 0.462. The summed E-state index contributed by atoms with van der Waals surface area (Å²) in [6, 6.07) is 3.89. The van der Waals surface area contributed by atoms with Gasteiger partial charge >= 0.3 is 0 Å². The Morgan fingerprint density at radius 2 is 2.33 bits per heavy atom. The average molecular weight is 202 g/mol. The van der Waals surface area contributed by atoms with E-state index in [0.29, 0.717) is 17.4 Å². The van der Waals surface area contributed by atoms with E-state index < -0.39 is 0 Å². The lowest BCUT2D eigenvalue weighted by Crippen LogP contribution is -2.14. The molecule has 4 nitrogen and oxygen atoms in total. The summed E-state index contributed by atoms with van der Waals surface area (Å²) in [4.78, 5) is 10.8. The second kappa shape index (κ2) is 3.95. The minimum atomic E-state index is 0.462. The van der Waals surface area contributed by atoms with Gasteiger partial charge in [0.2, 0.25) is 0 Å². The molecule has 1 saturated heterocycles. The third-order valence-electron chi connectivity index (χ3n) is 2.78. The van der Waals surface area contributed by atoms with Gasteiger partial charge < -0.3 is 4.90 Å². The molecule has 0 amide bonds. The quantitative estimate of drug-likeness (QED) is 0.683. The van der Waals surface area contributed by atoms with Crippen LogP contribution in [0.4, 0.5) is 0 Å². The maximum Gasteiger partial charge on any atom is 0.144 e. The van der Waals surface area contributed by atoms with Crippen LogP contribution in [0.2, 0.25) is 0 Å². The second-order valence-electron chi connectivity index (χ2n) is 4.08. The number of likely N-dealkylation sites (tertiary alicyclic amines) is 1. The molecule has 0 bridgehead atoms. The fourth-order valence-corrected chi connectivity index (χ4v) is 2.03.